The number of nitrogens with one attached hydrogen (secondary N) is 1. The van der Waals surface area contributed by atoms with E-state index in [0.717, 1.165) is 36.2 Å². The highest BCUT2D eigenvalue weighted by Gasteiger charge is 2.14. The van der Waals surface area contributed by atoms with Crippen LogP contribution in [0.15, 0.2) is 22.5 Å². The molecule has 1 aliphatic carbocycles. The largest absolute Gasteiger partial charge is 0.375 e. The number of aliphatic imine (C=N–C) groups is 1. The number of aromatic nitrogens is 1. The van der Waals surface area contributed by atoms with E-state index in [-0.39, 0.29) is 6.10 Å². The lowest BCUT2D eigenvalue weighted by molar-refractivity contribution is 0.119. The molecule has 0 radical (unpaired) electrons. The fraction of sp³-hybridized carbons (Fsp3) is 0.647. The predicted molar refractivity (Wildman–Crippen MR) is 96.8 cm³/mol. The Labute approximate surface area is 143 Å². The Balaban J connectivity index is 1.85. The summed E-state index contributed by atoms with van der Waals surface area (Å²) < 4.78 is 5.32. The summed E-state index contributed by atoms with van der Waals surface area (Å²) in [5.74, 6) is 1.63. The summed E-state index contributed by atoms with van der Waals surface area (Å²) in [5.41, 5.74) is 1.06. The van der Waals surface area contributed by atoms with Crippen molar-refractivity contribution in [2.24, 2.45) is 10.9 Å². The van der Waals surface area contributed by atoms with Gasteiger partial charge in [-0.05, 0) is 32.1 Å². The van der Waals surface area contributed by atoms with Crippen LogP contribution in [0.25, 0.3) is 0 Å². The summed E-state index contributed by atoms with van der Waals surface area (Å²) in [6.45, 7) is 3.74. The van der Waals surface area contributed by atoms with Crippen molar-refractivity contribution in [2.75, 3.05) is 27.7 Å². The van der Waals surface area contributed by atoms with E-state index < -0.39 is 0 Å². The second kappa shape index (κ2) is 9.03. The van der Waals surface area contributed by atoms with Gasteiger partial charge in [-0.3, -0.25) is 4.99 Å². The zero-order valence-electron chi connectivity index (χ0n) is 14.6. The highest BCUT2D eigenvalue weighted by molar-refractivity contribution is 7.09. The molecule has 0 spiro atoms. The van der Waals surface area contributed by atoms with Crippen LogP contribution in [0.3, 0.4) is 0 Å². The van der Waals surface area contributed by atoms with Crippen LogP contribution in [0.4, 0.5) is 0 Å². The first kappa shape index (κ1) is 17.9. The third kappa shape index (κ3) is 5.32. The molecule has 0 aromatic carbocycles. The van der Waals surface area contributed by atoms with Crippen molar-refractivity contribution in [1.29, 1.82) is 0 Å². The maximum absolute atomic E-state index is 5.32. The summed E-state index contributed by atoms with van der Waals surface area (Å²) in [6, 6.07) is 0. The molecule has 5 nitrogen and oxygen atoms in total. The number of nitrogens with zero attached hydrogens (tertiary/aromatic N) is 3. The zero-order valence-corrected chi connectivity index (χ0v) is 15.4. The van der Waals surface area contributed by atoms with Gasteiger partial charge in [-0.2, -0.15) is 0 Å². The van der Waals surface area contributed by atoms with Crippen LogP contribution in [-0.2, 0) is 11.3 Å². The van der Waals surface area contributed by atoms with Gasteiger partial charge in [0.15, 0.2) is 5.96 Å². The van der Waals surface area contributed by atoms with Crippen molar-refractivity contribution in [2.45, 2.75) is 38.8 Å². The second-order valence-electron chi connectivity index (χ2n) is 5.99. The quantitative estimate of drug-likeness (QED) is 0.492. The molecular formula is C17H28N4OS. The Bertz CT molecular complexity index is 540. The molecule has 1 aromatic rings. The lowest BCUT2D eigenvalue weighted by Gasteiger charge is -2.24. The Morgan fingerprint density at radius 1 is 1.57 bits per heavy atom. The van der Waals surface area contributed by atoms with Gasteiger partial charge < -0.3 is 15.0 Å². The molecule has 128 valence electrons. The number of methoxy groups -OCH3 is 1. The summed E-state index contributed by atoms with van der Waals surface area (Å²) in [6.07, 6.45) is 8.23. The molecule has 0 bridgehead atoms. The zero-order chi connectivity index (χ0) is 16.7. The molecule has 0 unspecified atom stereocenters. The van der Waals surface area contributed by atoms with Gasteiger partial charge in [0.25, 0.3) is 0 Å². The van der Waals surface area contributed by atoms with Crippen molar-refractivity contribution in [3.05, 3.63) is 28.2 Å². The van der Waals surface area contributed by atoms with Crippen LogP contribution in [0, 0.1) is 5.92 Å². The minimum Gasteiger partial charge on any atom is -0.375 e. The van der Waals surface area contributed by atoms with Gasteiger partial charge in [0.2, 0.25) is 0 Å². The molecule has 1 heterocycles. The molecule has 6 heteroatoms. The normalized spacial score (nSPS) is 19.7. The van der Waals surface area contributed by atoms with Crippen molar-refractivity contribution in [3.63, 3.8) is 0 Å². The maximum atomic E-state index is 5.32. The molecular weight excluding hydrogens is 308 g/mol. The van der Waals surface area contributed by atoms with Gasteiger partial charge in [-0.15, -0.1) is 11.3 Å². The highest BCUT2D eigenvalue weighted by atomic mass is 32.1. The Kier molecular flexibility index (Phi) is 7.05. The molecule has 2 atom stereocenters. The van der Waals surface area contributed by atoms with Crippen LogP contribution in [0.2, 0.25) is 0 Å². The number of hydrogen-bond donors (Lipinski definition) is 1. The lowest BCUT2D eigenvalue weighted by Crippen LogP contribution is -2.40. The number of guanidine groups is 1. The fourth-order valence-corrected chi connectivity index (χ4v) is 3.50. The van der Waals surface area contributed by atoms with Crippen molar-refractivity contribution in [1.82, 2.24) is 15.2 Å². The van der Waals surface area contributed by atoms with E-state index in [0.29, 0.717) is 5.92 Å². The molecule has 23 heavy (non-hydrogen) atoms. The molecule has 0 saturated heterocycles. The second-order valence-corrected chi connectivity index (χ2v) is 6.88. The molecule has 2 rings (SSSR count). The summed E-state index contributed by atoms with van der Waals surface area (Å²) in [5, 5.41) is 6.61. The number of thiazole rings is 1. The van der Waals surface area contributed by atoms with E-state index in [2.05, 4.69) is 44.8 Å². The van der Waals surface area contributed by atoms with Gasteiger partial charge in [0.1, 0.15) is 11.1 Å². The van der Waals surface area contributed by atoms with Gasteiger partial charge in [-0.1, -0.05) is 12.2 Å². The third-order valence-corrected chi connectivity index (χ3v) is 5.22. The SMILES string of the molecule is CN=C(NC[C@H]1CC=CCC1)N(C)Cc1csc([C@H](C)OC)n1. The van der Waals surface area contributed by atoms with Gasteiger partial charge >= 0.3 is 0 Å². The summed E-state index contributed by atoms with van der Waals surface area (Å²) in [7, 11) is 5.60. The number of allylic oxidation sites excluding steroid dienone is 2. The van der Waals surface area contributed by atoms with Gasteiger partial charge in [0, 0.05) is 33.1 Å². The summed E-state index contributed by atoms with van der Waals surface area (Å²) in [4.78, 5) is 11.2. The van der Waals surface area contributed by atoms with E-state index in [1.54, 1.807) is 18.4 Å². The van der Waals surface area contributed by atoms with Crippen molar-refractivity contribution < 1.29 is 4.74 Å². The smallest absolute Gasteiger partial charge is 0.193 e. The number of ether oxygens (including phenoxy) is 1. The van der Waals surface area contributed by atoms with Crippen LogP contribution in [-0.4, -0.2) is 43.6 Å². The molecule has 0 saturated carbocycles. The minimum absolute atomic E-state index is 0.0517. The first-order chi connectivity index (χ1) is 11.1. The van der Waals surface area contributed by atoms with E-state index >= 15 is 0 Å². The van der Waals surface area contributed by atoms with Gasteiger partial charge in [-0.25, -0.2) is 4.98 Å². The molecule has 0 fully saturated rings. The summed E-state index contributed by atoms with van der Waals surface area (Å²) >= 11 is 1.65. The van der Waals surface area contributed by atoms with E-state index in [1.807, 2.05) is 14.0 Å². The fourth-order valence-electron chi connectivity index (χ4n) is 2.66. The van der Waals surface area contributed by atoms with E-state index in [9.17, 15) is 0 Å². The first-order valence-electron chi connectivity index (χ1n) is 8.18. The average Bonchev–Trinajstić information content (AvgIpc) is 3.04. The molecule has 1 aromatic heterocycles. The third-order valence-electron chi connectivity index (χ3n) is 4.17. The van der Waals surface area contributed by atoms with E-state index in [4.69, 9.17) is 4.74 Å². The highest BCUT2D eigenvalue weighted by Crippen LogP contribution is 2.21. The average molecular weight is 337 g/mol. The monoisotopic (exact) mass is 336 g/mol. The van der Waals surface area contributed by atoms with Gasteiger partial charge in [0.05, 0.1) is 12.2 Å². The van der Waals surface area contributed by atoms with Crippen LogP contribution in [0.5, 0.6) is 0 Å². The first-order valence-corrected chi connectivity index (χ1v) is 9.05. The van der Waals surface area contributed by atoms with Crippen LogP contribution in [0.1, 0.15) is 43.0 Å². The molecule has 0 aliphatic heterocycles. The number of rotatable bonds is 6. The standard InChI is InChI=1S/C17H28N4OS/c1-13(22-4)16-20-15(12-23-16)11-21(3)17(18-2)19-10-14-8-6-5-7-9-14/h5-6,12-14H,7-11H2,1-4H3,(H,18,19)/t13-,14-/m0/s1. The van der Waals surface area contributed by atoms with Crippen LogP contribution < -0.4 is 5.32 Å². The van der Waals surface area contributed by atoms with Crippen molar-refractivity contribution in [3.8, 4) is 0 Å². The minimum atomic E-state index is 0.0517. The van der Waals surface area contributed by atoms with Crippen molar-refractivity contribution >= 4 is 17.3 Å². The molecule has 1 aliphatic rings. The Hall–Kier alpha value is -1.40. The predicted octanol–water partition coefficient (Wildman–Crippen LogP) is 3.21. The Morgan fingerprint density at radius 3 is 3.04 bits per heavy atom. The van der Waals surface area contributed by atoms with E-state index in [1.165, 1.54) is 12.8 Å². The molecule has 0 amide bonds. The number of hydrogen-bond acceptors (Lipinski definition) is 4. The maximum Gasteiger partial charge on any atom is 0.193 e. The Morgan fingerprint density at radius 2 is 2.39 bits per heavy atom. The molecule has 1 N–H and O–H groups in total. The van der Waals surface area contributed by atoms with Crippen LogP contribution >= 0.6 is 11.3 Å². The lowest BCUT2D eigenvalue weighted by atomic mass is 9.94. The topological polar surface area (TPSA) is 49.8 Å².